The molecule has 98 valence electrons. The first kappa shape index (κ1) is 13.1. The van der Waals surface area contributed by atoms with Crippen LogP contribution in [-0.4, -0.2) is 47.0 Å². The molecule has 0 atom stereocenters. The molecule has 0 aliphatic carbocycles. The van der Waals surface area contributed by atoms with Crippen molar-refractivity contribution in [3.8, 4) is 0 Å². The van der Waals surface area contributed by atoms with Crippen LogP contribution in [0.25, 0.3) is 0 Å². The lowest BCUT2D eigenvalue weighted by Gasteiger charge is -2.35. The monoisotopic (exact) mass is 268 g/mol. The van der Waals surface area contributed by atoms with E-state index in [9.17, 15) is 4.79 Å². The molecule has 0 radical (unpaired) electrons. The van der Waals surface area contributed by atoms with E-state index in [1.54, 1.807) is 6.92 Å². The molecule has 0 N–H and O–H groups in total. The van der Waals surface area contributed by atoms with E-state index in [-0.39, 0.29) is 5.91 Å². The minimum Gasteiger partial charge on any atom is -0.353 e. The van der Waals surface area contributed by atoms with Crippen LogP contribution in [-0.2, 0) is 11.2 Å². The summed E-state index contributed by atoms with van der Waals surface area (Å²) >= 11 is 6.09. The molecule has 1 aromatic heterocycles. The molecule has 1 saturated heterocycles. The highest BCUT2D eigenvalue weighted by molar-refractivity contribution is 6.30. The van der Waals surface area contributed by atoms with Crippen molar-refractivity contribution in [2.24, 2.45) is 0 Å². The van der Waals surface area contributed by atoms with E-state index < -0.39 is 0 Å². The number of halogens is 1. The number of piperazine rings is 1. The van der Waals surface area contributed by atoms with Crippen LogP contribution in [0.15, 0.2) is 6.33 Å². The number of nitrogens with zero attached hydrogens (tertiary/aromatic N) is 4. The molecule has 0 unspecified atom stereocenters. The van der Waals surface area contributed by atoms with Gasteiger partial charge in [0.05, 0.1) is 0 Å². The Bertz CT molecular complexity index is 444. The topological polar surface area (TPSA) is 49.3 Å². The van der Waals surface area contributed by atoms with E-state index in [1.165, 1.54) is 6.33 Å². The maximum absolute atomic E-state index is 11.3. The molecule has 1 aliphatic rings. The fraction of sp³-hybridized carbons (Fsp3) is 0.583. The number of carbonyl (C=O) groups is 1. The number of amides is 1. The van der Waals surface area contributed by atoms with Crippen molar-refractivity contribution < 1.29 is 4.79 Å². The second kappa shape index (κ2) is 5.52. The van der Waals surface area contributed by atoms with Gasteiger partial charge >= 0.3 is 0 Å². The first-order chi connectivity index (χ1) is 8.63. The quantitative estimate of drug-likeness (QED) is 0.760. The molecule has 0 bridgehead atoms. The fourth-order valence-electron chi connectivity index (χ4n) is 2.19. The molecule has 6 heteroatoms. The summed E-state index contributed by atoms with van der Waals surface area (Å²) in [6.07, 6.45) is 2.30. The molecule has 1 fully saturated rings. The van der Waals surface area contributed by atoms with Gasteiger partial charge in [-0.05, 0) is 6.42 Å². The SMILES string of the molecule is CCc1c(Cl)ncnc1N1CCN(C(C)=O)CC1. The van der Waals surface area contributed by atoms with Crippen LogP contribution in [0.2, 0.25) is 5.15 Å². The normalized spacial score (nSPS) is 15.9. The predicted molar refractivity (Wildman–Crippen MR) is 70.9 cm³/mol. The summed E-state index contributed by atoms with van der Waals surface area (Å²) in [6.45, 7) is 6.70. The van der Waals surface area contributed by atoms with Gasteiger partial charge in [-0.3, -0.25) is 4.79 Å². The lowest BCUT2D eigenvalue weighted by molar-refractivity contribution is -0.129. The van der Waals surface area contributed by atoms with E-state index >= 15 is 0 Å². The van der Waals surface area contributed by atoms with Gasteiger partial charge in [0.15, 0.2) is 0 Å². The van der Waals surface area contributed by atoms with Gasteiger partial charge in [-0.2, -0.15) is 0 Å². The zero-order chi connectivity index (χ0) is 13.1. The third-order valence-corrected chi connectivity index (χ3v) is 3.57. The van der Waals surface area contributed by atoms with Crippen molar-refractivity contribution in [3.63, 3.8) is 0 Å². The van der Waals surface area contributed by atoms with Crippen LogP contribution in [0.4, 0.5) is 5.82 Å². The summed E-state index contributed by atoms with van der Waals surface area (Å²) in [5.41, 5.74) is 0.982. The largest absolute Gasteiger partial charge is 0.353 e. The van der Waals surface area contributed by atoms with E-state index in [0.717, 1.165) is 44.0 Å². The first-order valence-electron chi connectivity index (χ1n) is 6.13. The van der Waals surface area contributed by atoms with E-state index in [4.69, 9.17) is 11.6 Å². The van der Waals surface area contributed by atoms with Crippen molar-refractivity contribution in [1.29, 1.82) is 0 Å². The zero-order valence-electron chi connectivity index (χ0n) is 10.7. The number of hydrogen-bond acceptors (Lipinski definition) is 4. The minimum atomic E-state index is 0.131. The van der Waals surface area contributed by atoms with Gasteiger partial charge in [0.2, 0.25) is 5.91 Å². The van der Waals surface area contributed by atoms with Crippen molar-refractivity contribution in [2.45, 2.75) is 20.3 Å². The summed E-state index contributed by atoms with van der Waals surface area (Å²) < 4.78 is 0. The summed E-state index contributed by atoms with van der Waals surface area (Å²) in [5.74, 6) is 1.03. The Balaban J connectivity index is 2.14. The fourth-order valence-corrected chi connectivity index (χ4v) is 2.45. The second-order valence-corrected chi connectivity index (χ2v) is 4.67. The molecule has 0 saturated carbocycles. The third kappa shape index (κ3) is 2.56. The van der Waals surface area contributed by atoms with Crippen molar-refractivity contribution in [2.75, 3.05) is 31.1 Å². The van der Waals surface area contributed by atoms with E-state index in [1.807, 2.05) is 11.8 Å². The number of rotatable bonds is 2. The molecule has 2 rings (SSSR count). The van der Waals surface area contributed by atoms with Crippen LogP contribution < -0.4 is 4.90 Å². The number of hydrogen-bond donors (Lipinski definition) is 0. The van der Waals surface area contributed by atoms with Crippen LogP contribution >= 0.6 is 11.6 Å². The van der Waals surface area contributed by atoms with E-state index in [2.05, 4.69) is 14.9 Å². The molecule has 1 amide bonds. The van der Waals surface area contributed by atoms with Gasteiger partial charge in [0, 0.05) is 38.7 Å². The smallest absolute Gasteiger partial charge is 0.219 e. The van der Waals surface area contributed by atoms with Gasteiger partial charge in [-0.15, -0.1) is 0 Å². The van der Waals surface area contributed by atoms with E-state index in [0.29, 0.717) is 5.15 Å². The predicted octanol–water partition coefficient (Wildman–Crippen LogP) is 1.36. The van der Waals surface area contributed by atoms with Crippen LogP contribution in [0.3, 0.4) is 0 Å². The summed E-state index contributed by atoms with van der Waals surface area (Å²) in [5, 5.41) is 0.525. The molecule has 0 spiro atoms. The van der Waals surface area contributed by atoms with Gasteiger partial charge in [0.1, 0.15) is 17.3 Å². The Morgan fingerprint density at radius 3 is 2.56 bits per heavy atom. The summed E-state index contributed by atoms with van der Waals surface area (Å²) in [6, 6.07) is 0. The average molecular weight is 269 g/mol. The molecule has 2 heterocycles. The number of aromatic nitrogens is 2. The van der Waals surface area contributed by atoms with Gasteiger partial charge in [-0.1, -0.05) is 18.5 Å². The molecule has 1 aromatic rings. The highest BCUT2D eigenvalue weighted by atomic mass is 35.5. The maximum atomic E-state index is 11.3. The second-order valence-electron chi connectivity index (χ2n) is 4.31. The molecular weight excluding hydrogens is 252 g/mol. The third-order valence-electron chi connectivity index (χ3n) is 3.25. The van der Waals surface area contributed by atoms with Gasteiger partial charge in [-0.25, -0.2) is 9.97 Å². The lowest BCUT2D eigenvalue weighted by atomic mass is 10.2. The molecular formula is C12H17ClN4O. The molecule has 0 aromatic carbocycles. The van der Waals surface area contributed by atoms with Crippen molar-refractivity contribution >= 4 is 23.3 Å². The average Bonchev–Trinajstić information content (AvgIpc) is 2.38. The molecule has 5 nitrogen and oxygen atoms in total. The Kier molecular flexibility index (Phi) is 4.01. The van der Waals surface area contributed by atoms with Gasteiger partial charge in [0.25, 0.3) is 0 Å². The standard InChI is InChI=1S/C12H17ClN4O/c1-3-10-11(13)14-8-15-12(10)17-6-4-16(5-7-17)9(2)18/h8H,3-7H2,1-2H3. The first-order valence-corrected chi connectivity index (χ1v) is 6.51. The maximum Gasteiger partial charge on any atom is 0.219 e. The Labute approximate surface area is 112 Å². The Hall–Kier alpha value is -1.36. The molecule has 1 aliphatic heterocycles. The number of carbonyl (C=O) groups excluding carboxylic acids is 1. The summed E-state index contributed by atoms with van der Waals surface area (Å²) in [7, 11) is 0. The highest BCUT2D eigenvalue weighted by Gasteiger charge is 2.22. The Morgan fingerprint density at radius 2 is 2.00 bits per heavy atom. The van der Waals surface area contributed by atoms with Crippen molar-refractivity contribution in [1.82, 2.24) is 14.9 Å². The Morgan fingerprint density at radius 1 is 1.33 bits per heavy atom. The van der Waals surface area contributed by atoms with Crippen LogP contribution in [0.1, 0.15) is 19.4 Å². The lowest BCUT2D eigenvalue weighted by Crippen LogP contribution is -2.48. The summed E-state index contributed by atoms with van der Waals surface area (Å²) in [4.78, 5) is 23.6. The highest BCUT2D eigenvalue weighted by Crippen LogP contribution is 2.24. The number of anilines is 1. The molecule has 18 heavy (non-hydrogen) atoms. The van der Waals surface area contributed by atoms with Gasteiger partial charge < -0.3 is 9.80 Å². The minimum absolute atomic E-state index is 0.131. The van der Waals surface area contributed by atoms with Crippen LogP contribution in [0, 0.1) is 0 Å². The van der Waals surface area contributed by atoms with Crippen LogP contribution in [0.5, 0.6) is 0 Å². The zero-order valence-corrected chi connectivity index (χ0v) is 11.4. The van der Waals surface area contributed by atoms with Crippen molar-refractivity contribution in [3.05, 3.63) is 17.0 Å².